The summed E-state index contributed by atoms with van der Waals surface area (Å²) in [7, 11) is 3.42. The Bertz CT molecular complexity index is 827. The number of carbonyl (C=O) groups is 2. The molecule has 1 amide bonds. The van der Waals surface area contributed by atoms with E-state index in [2.05, 4.69) is 0 Å². The fourth-order valence-corrected chi connectivity index (χ4v) is 3.31. The van der Waals surface area contributed by atoms with E-state index in [1.165, 1.54) is 0 Å². The number of carboxylic acids is 1. The number of benzene rings is 2. The molecule has 1 aliphatic rings. The zero-order valence-electron chi connectivity index (χ0n) is 15.5. The van der Waals surface area contributed by atoms with Crippen LogP contribution in [-0.2, 0) is 21.5 Å². The van der Waals surface area contributed by atoms with E-state index in [9.17, 15) is 9.59 Å². The van der Waals surface area contributed by atoms with E-state index in [4.69, 9.17) is 14.6 Å². The van der Waals surface area contributed by atoms with Gasteiger partial charge in [0.2, 0.25) is 5.91 Å². The van der Waals surface area contributed by atoms with Crippen LogP contribution in [0.4, 0.5) is 0 Å². The normalized spacial score (nSPS) is 14.3. The number of ether oxygens (including phenoxy) is 2. The van der Waals surface area contributed by atoms with Crippen LogP contribution in [0.5, 0.6) is 11.5 Å². The molecule has 0 aliphatic heterocycles. The Morgan fingerprint density at radius 3 is 2.37 bits per heavy atom. The Morgan fingerprint density at radius 2 is 1.78 bits per heavy atom. The number of aliphatic carboxylic acids is 1. The van der Waals surface area contributed by atoms with Gasteiger partial charge in [-0.05, 0) is 36.6 Å². The molecule has 0 radical (unpaired) electrons. The first kappa shape index (κ1) is 18.8. The highest BCUT2D eigenvalue weighted by Crippen LogP contribution is 2.52. The number of amides is 1. The van der Waals surface area contributed by atoms with E-state index >= 15 is 0 Å². The summed E-state index contributed by atoms with van der Waals surface area (Å²) in [4.78, 5) is 25.4. The first-order valence-corrected chi connectivity index (χ1v) is 8.79. The van der Waals surface area contributed by atoms with E-state index in [0.29, 0.717) is 12.3 Å². The smallest absolute Gasteiger partial charge is 0.341 e. The largest absolute Gasteiger partial charge is 0.496 e. The Morgan fingerprint density at radius 1 is 1.11 bits per heavy atom. The average Bonchev–Trinajstić information content (AvgIpc) is 3.48. The van der Waals surface area contributed by atoms with Crippen molar-refractivity contribution in [2.24, 2.45) is 0 Å². The third kappa shape index (κ3) is 4.05. The summed E-state index contributed by atoms with van der Waals surface area (Å²) in [5.74, 6) is 0.299. The first-order chi connectivity index (χ1) is 13.0. The number of rotatable bonds is 8. The summed E-state index contributed by atoms with van der Waals surface area (Å²) in [5, 5.41) is 8.64. The van der Waals surface area contributed by atoms with Gasteiger partial charge in [-0.2, -0.15) is 0 Å². The molecule has 1 saturated carbocycles. The van der Waals surface area contributed by atoms with Crippen LogP contribution in [0.1, 0.15) is 24.0 Å². The summed E-state index contributed by atoms with van der Waals surface area (Å²) in [6, 6.07) is 14.8. The lowest BCUT2D eigenvalue weighted by atomic mass is 9.93. The van der Waals surface area contributed by atoms with E-state index in [-0.39, 0.29) is 12.5 Å². The molecule has 2 aromatic carbocycles. The zero-order chi connectivity index (χ0) is 19.4. The number of hydrogen-bond donors (Lipinski definition) is 1. The lowest BCUT2D eigenvalue weighted by Crippen LogP contribution is -2.36. The van der Waals surface area contributed by atoms with E-state index in [1.807, 2.05) is 36.4 Å². The monoisotopic (exact) mass is 369 g/mol. The quantitative estimate of drug-likeness (QED) is 0.774. The van der Waals surface area contributed by atoms with Gasteiger partial charge in [-0.15, -0.1) is 0 Å². The standard InChI is InChI=1S/C21H23NO5/c1-22(13-15-7-9-16(10-8-15)27-14-19(23)24)20(25)21(11-12-21)17-5-3-4-6-18(17)26-2/h3-10H,11-14H2,1-2H3,(H,23,24). The summed E-state index contributed by atoms with van der Waals surface area (Å²) >= 11 is 0. The van der Waals surface area contributed by atoms with Crippen LogP contribution >= 0.6 is 0 Å². The van der Waals surface area contributed by atoms with Crippen LogP contribution in [0.15, 0.2) is 48.5 Å². The van der Waals surface area contributed by atoms with Crippen molar-refractivity contribution in [3.63, 3.8) is 0 Å². The third-order valence-electron chi connectivity index (χ3n) is 4.83. The van der Waals surface area contributed by atoms with Gasteiger partial charge in [-0.1, -0.05) is 30.3 Å². The van der Waals surface area contributed by atoms with Crippen molar-refractivity contribution in [1.29, 1.82) is 0 Å². The lowest BCUT2D eigenvalue weighted by molar-refractivity contribution is -0.139. The molecule has 27 heavy (non-hydrogen) atoms. The Labute approximate surface area is 158 Å². The summed E-state index contributed by atoms with van der Waals surface area (Å²) in [6.07, 6.45) is 1.64. The second-order valence-electron chi connectivity index (χ2n) is 6.77. The topological polar surface area (TPSA) is 76.1 Å². The SMILES string of the molecule is COc1ccccc1C1(C(=O)N(C)Cc2ccc(OCC(=O)O)cc2)CC1. The maximum Gasteiger partial charge on any atom is 0.341 e. The summed E-state index contributed by atoms with van der Waals surface area (Å²) < 4.78 is 10.6. The molecule has 0 spiro atoms. The zero-order valence-corrected chi connectivity index (χ0v) is 15.5. The molecule has 0 unspecified atom stereocenters. The third-order valence-corrected chi connectivity index (χ3v) is 4.83. The van der Waals surface area contributed by atoms with Crippen LogP contribution in [0, 0.1) is 0 Å². The molecule has 0 bridgehead atoms. The second-order valence-corrected chi connectivity index (χ2v) is 6.77. The molecule has 1 fully saturated rings. The van der Waals surface area contributed by atoms with Crippen LogP contribution < -0.4 is 9.47 Å². The highest BCUT2D eigenvalue weighted by Gasteiger charge is 2.53. The molecule has 0 heterocycles. The highest BCUT2D eigenvalue weighted by atomic mass is 16.5. The molecule has 3 rings (SSSR count). The van der Waals surface area contributed by atoms with Gasteiger partial charge in [0.25, 0.3) is 0 Å². The van der Waals surface area contributed by atoms with Gasteiger partial charge in [0.1, 0.15) is 11.5 Å². The Balaban J connectivity index is 1.68. The van der Waals surface area contributed by atoms with Gasteiger partial charge < -0.3 is 19.5 Å². The molecule has 142 valence electrons. The minimum absolute atomic E-state index is 0.0817. The summed E-state index contributed by atoms with van der Waals surface area (Å²) in [5.41, 5.74) is 1.40. The van der Waals surface area contributed by atoms with E-state index < -0.39 is 11.4 Å². The first-order valence-electron chi connectivity index (χ1n) is 8.79. The Kier molecular flexibility index (Phi) is 5.35. The Hall–Kier alpha value is -3.02. The van der Waals surface area contributed by atoms with Crippen molar-refractivity contribution in [3.8, 4) is 11.5 Å². The predicted octanol–water partition coefficient (Wildman–Crippen LogP) is 2.85. The van der Waals surface area contributed by atoms with Gasteiger partial charge in [-0.25, -0.2) is 4.79 Å². The molecule has 1 N–H and O–H groups in total. The van der Waals surface area contributed by atoms with E-state index in [0.717, 1.165) is 29.7 Å². The summed E-state index contributed by atoms with van der Waals surface area (Å²) in [6.45, 7) is 0.0914. The van der Waals surface area contributed by atoms with Crippen molar-refractivity contribution in [1.82, 2.24) is 4.90 Å². The number of hydrogen-bond acceptors (Lipinski definition) is 4. The predicted molar refractivity (Wildman–Crippen MR) is 100.0 cm³/mol. The molecule has 1 aliphatic carbocycles. The number of likely N-dealkylation sites (N-methyl/N-ethyl adjacent to an activating group) is 1. The van der Waals surface area contributed by atoms with Crippen LogP contribution in [0.3, 0.4) is 0 Å². The van der Waals surface area contributed by atoms with Crippen LogP contribution in [-0.4, -0.2) is 42.6 Å². The molecule has 6 heteroatoms. The minimum atomic E-state index is -1.02. The fraction of sp³-hybridized carbons (Fsp3) is 0.333. The van der Waals surface area contributed by atoms with Crippen molar-refractivity contribution < 1.29 is 24.2 Å². The van der Waals surface area contributed by atoms with Gasteiger partial charge >= 0.3 is 5.97 Å². The number of nitrogens with zero attached hydrogens (tertiary/aromatic N) is 1. The van der Waals surface area contributed by atoms with Crippen LogP contribution in [0.25, 0.3) is 0 Å². The minimum Gasteiger partial charge on any atom is -0.496 e. The molecule has 0 aromatic heterocycles. The maximum absolute atomic E-state index is 13.1. The molecule has 0 saturated heterocycles. The number of carboxylic acid groups (broad SMARTS) is 1. The van der Waals surface area contributed by atoms with Gasteiger partial charge in [0.15, 0.2) is 6.61 Å². The van der Waals surface area contributed by atoms with Gasteiger partial charge in [0.05, 0.1) is 12.5 Å². The number of para-hydroxylation sites is 1. The molecule has 0 atom stereocenters. The highest BCUT2D eigenvalue weighted by molar-refractivity contribution is 5.92. The van der Waals surface area contributed by atoms with Crippen molar-refractivity contribution in [2.45, 2.75) is 24.8 Å². The number of carbonyl (C=O) groups excluding carboxylic acids is 1. The number of methoxy groups -OCH3 is 1. The van der Waals surface area contributed by atoms with E-state index in [1.54, 1.807) is 31.2 Å². The van der Waals surface area contributed by atoms with Crippen molar-refractivity contribution >= 4 is 11.9 Å². The average molecular weight is 369 g/mol. The van der Waals surface area contributed by atoms with Crippen molar-refractivity contribution in [3.05, 3.63) is 59.7 Å². The molecular formula is C21H23NO5. The van der Waals surface area contributed by atoms with Crippen LogP contribution in [0.2, 0.25) is 0 Å². The van der Waals surface area contributed by atoms with Crippen molar-refractivity contribution in [2.75, 3.05) is 20.8 Å². The molecule has 6 nitrogen and oxygen atoms in total. The van der Waals surface area contributed by atoms with Gasteiger partial charge in [0, 0.05) is 19.2 Å². The molecule has 2 aromatic rings. The van der Waals surface area contributed by atoms with Gasteiger partial charge in [-0.3, -0.25) is 4.79 Å². The maximum atomic E-state index is 13.1. The molecular weight excluding hydrogens is 346 g/mol. The lowest BCUT2D eigenvalue weighted by Gasteiger charge is -2.25. The fourth-order valence-electron chi connectivity index (χ4n) is 3.31. The second kappa shape index (κ2) is 7.70.